The van der Waals surface area contributed by atoms with Gasteiger partial charge >= 0.3 is 0 Å². The number of hydrogen-bond donors (Lipinski definition) is 2. The number of carbonyl (C=O) groups excluding carboxylic acids is 1. The number of furan rings is 1. The zero-order valence-electron chi connectivity index (χ0n) is 12.3. The van der Waals surface area contributed by atoms with Gasteiger partial charge in [0.2, 0.25) is 10.0 Å². The van der Waals surface area contributed by atoms with Crippen molar-refractivity contribution in [2.24, 2.45) is 0 Å². The van der Waals surface area contributed by atoms with Crippen LogP contribution in [0.2, 0.25) is 0 Å². The molecule has 0 aliphatic carbocycles. The Bertz CT molecular complexity index is 720. The van der Waals surface area contributed by atoms with Gasteiger partial charge in [0.15, 0.2) is 5.76 Å². The van der Waals surface area contributed by atoms with Gasteiger partial charge in [0.05, 0.1) is 18.8 Å². The molecule has 0 radical (unpaired) electrons. The Labute approximate surface area is 133 Å². The van der Waals surface area contributed by atoms with Gasteiger partial charge in [-0.25, -0.2) is 13.1 Å². The lowest BCUT2D eigenvalue weighted by atomic mass is 10.2. The molecule has 1 amide bonds. The van der Waals surface area contributed by atoms with Crippen LogP contribution in [0.4, 0.5) is 0 Å². The monoisotopic (exact) mass is 342 g/mol. The lowest BCUT2D eigenvalue weighted by Crippen LogP contribution is -2.27. The average molecular weight is 342 g/mol. The van der Waals surface area contributed by atoms with Gasteiger partial charge in [-0.3, -0.25) is 4.79 Å². The third-order valence-corrected chi connectivity index (χ3v) is 4.65. The quantitative estimate of drug-likeness (QED) is 0.808. The SMILES string of the molecule is CC[C@@H](NC(=O)c1ccc(CNS(C)(=O)=O)o1)c1cccs1. The molecule has 22 heavy (non-hydrogen) atoms. The number of thiophene rings is 1. The summed E-state index contributed by atoms with van der Waals surface area (Å²) >= 11 is 1.59. The van der Waals surface area contributed by atoms with Gasteiger partial charge in [0.1, 0.15) is 5.76 Å². The Hall–Kier alpha value is -1.64. The van der Waals surface area contributed by atoms with Crippen LogP contribution in [0, 0.1) is 0 Å². The summed E-state index contributed by atoms with van der Waals surface area (Å²) in [5, 5.41) is 4.87. The Morgan fingerprint density at radius 1 is 1.36 bits per heavy atom. The zero-order chi connectivity index (χ0) is 16.2. The summed E-state index contributed by atoms with van der Waals surface area (Å²) in [5.74, 6) is 0.242. The summed E-state index contributed by atoms with van der Waals surface area (Å²) in [5.41, 5.74) is 0. The zero-order valence-corrected chi connectivity index (χ0v) is 14.0. The van der Waals surface area contributed by atoms with Crippen molar-refractivity contribution in [1.82, 2.24) is 10.0 Å². The first kappa shape index (κ1) is 16.7. The Kier molecular flexibility index (Phi) is 5.38. The molecule has 0 aromatic carbocycles. The molecule has 120 valence electrons. The highest BCUT2D eigenvalue weighted by atomic mass is 32.2. The van der Waals surface area contributed by atoms with E-state index in [-0.39, 0.29) is 24.3 Å². The van der Waals surface area contributed by atoms with Crippen LogP contribution in [0.25, 0.3) is 0 Å². The van der Waals surface area contributed by atoms with E-state index in [1.807, 2.05) is 24.4 Å². The smallest absolute Gasteiger partial charge is 0.287 e. The second-order valence-electron chi connectivity index (χ2n) is 4.81. The van der Waals surface area contributed by atoms with Crippen LogP contribution in [0.5, 0.6) is 0 Å². The number of amides is 1. The standard InChI is InChI=1S/C14H18N2O4S2/c1-3-11(13-5-4-8-21-13)16-14(17)12-7-6-10(20-12)9-15-22(2,18)19/h4-8,11,15H,3,9H2,1-2H3,(H,16,17)/t11-/m1/s1. The first-order chi connectivity index (χ1) is 10.4. The average Bonchev–Trinajstić information content (AvgIpc) is 3.12. The van der Waals surface area contributed by atoms with Gasteiger partial charge in [0, 0.05) is 4.88 Å². The lowest BCUT2D eigenvalue weighted by molar-refractivity contribution is 0.0906. The van der Waals surface area contributed by atoms with E-state index < -0.39 is 10.0 Å². The normalized spacial score (nSPS) is 13.0. The van der Waals surface area contributed by atoms with E-state index in [9.17, 15) is 13.2 Å². The van der Waals surface area contributed by atoms with Crippen LogP contribution in [-0.2, 0) is 16.6 Å². The number of sulfonamides is 1. The van der Waals surface area contributed by atoms with E-state index in [0.717, 1.165) is 17.6 Å². The molecule has 6 nitrogen and oxygen atoms in total. The predicted molar refractivity (Wildman–Crippen MR) is 85.2 cm³/mol. The van der Waals surface area contributed by atoms with Gasteiger partial charge < -0.3 is 9.73 Å². The van der Waals surface area contributed by atoms with Crippen LogP contribution in [0.1, 0.15) is 40.6 Å². The number of hydrogen-bond acceptors (Lipinski definition) is 5. The fourth-order valence-electron chi connectivity index (χ4n) is 1.89. The van der Waals surface area contributed by atoms with Crippen molar-refractivity contribution in [2.45, 2.75) is 25.9 Å². The van der Waals surface area contributed by atoms with Crippen molar-refractivity contribution < 1.29 is 17.6 Å². The van der Waals surface area contributed by atoms with Crippen LogP contribution >= 0.6 is 11.3 Å². The number of carbonyl (C=O) groups is 1. The summed E-state index contributed by atoms with van der Waals surface area (Å²) in [4.78, 5) is 13.3. The molecule has 0 spiro atoms. The van der Waals surface area contributed by atoms with E-state index in [0.29, 0.717) is 5.76 Å². The summed E-state index contributed by atoms with van der Waals surface area (Å²) in [6.07, 6.45) is 1.84. The first-order valence-corrected chi connectivity index (χ1v) is 9.53. The summed E-state index contributed by atoms with van der Waals surface area (Å²) in [6.45, 7) is 2.02. The summed E-state index contributed by atoms with van der Waals surface area (Å²) < 4.78 is 29.7. The van der Waals surface area contributed by atoms with E-state index in [2.05, 4.69) is 10.0 Å². The highest BCUT2D eigenvalue weighted by Gasteiger charge is 2.17. The Morgan fingerprint density at radius 2 is 2.14 bits per heavy atom. The Balaban J connectivity index is 1.99. The second kappa shape index (κ2) is 7.08. The van der Waals surface area contributed by atoms with Crippen LogP contribution in [0.3, 0.4) is 0 Å². The molecule has 2 aromatic heterocycles. The van der Waals surface area contributed by atoms with Crippen LogP contribution < -0.4 is 10.0 Å². The maximum atomic E-state index is 12.2. The fourth-order valence-corrected chi connectivity index (χ4v) is 3.16. The van der Waals surface area contributed by atoms with Gasteiger partial charge in [-0.2, -0.15) is 0 Å². The lowest BCUT2D eigenvalue weighted by Gasteiger charge is -2.14. The molecular formula is C14H18N2O4S2. The van der Waals surface area contributed by atoms with Crippen molar-refractivity contribution in [3.05, 3.63) is 46.0 Å². The maximum absolute atomic E-state index is 12.2. The highest BCUT2D eigenvalue weighted by molar-refractivity contribution is 7.88. The van der Waals surface area contributed by atoms with Gasteiger partial charge in [-0.05, 0) is 30.0 Å². The minimum Gasteiger partial charge on any atom is -0.455 e. The van der Waals surface area contributed by atoms with E-state index >= 15 is 0 Å². The van der Waals surface area contributed by atoms with Gasteiger partial charge in [0.25, 0.3) is 5.91 Å². The predicted octanol–water partition coefficient (Wildman–Crippen LogP) is 2.27. The largest absolute Gasteiger partial charge is 0.455 e. The molecule has 2 heterocycles. The maximum Gasteiger partial charge on any atom is 0.287 e. The van der Waals surface area contributed by atoms with E-state index in [1.54, 1.807) is 17.4 Å². The van der Waals surface area contributed by atoms with E-state index in [1.165, 1.54) is 6.07 Å². The third kappa shape index (κ3) is 4.69. The van der Waals surface area contributed by atoms with Crippen molar-refractivity contribution in [3.8, 4) is 0 Å². The minimum absolute atomic E-state index is 0.0221. The second-order valence-corrected chi connectivity index (χ2v) is 7.62. The summed E-state index contributed by atoms with van der Waals surface area (Å²) in [6, 6.07) is 6.98. The van der Waals surface area contributed by atoms with Crippen molar-refractivity contribution in [1.29, 1.82) is 0 Å². The molecule has 2 rings (SSSR count). The van der Waals surface area contributed by atoms with Crippen molar-refractivity contribution in [3.63, 3.8) is 0 Å². The Morgan fingerprint density at radius 3 is 2.73 bits per heavy atom. The number of nitrogens with one attached hydrogen (secondary N) is 2. The molecule has 0 bridgehead atoms. The first-order valence-electron chi connectivity index (χ1n) is 6.76. The molecule has 0 aliphatic heterocycles. The summed E-state index contributed by atoms with van der Waals surface area (Å²) in [7, 11) is -3.30. The topological polar surface area (TPSA) is 88.4 Å². The molecule has 0 saturated carbocycles. The molecular weight excluding hydrogens is 324 g/mol. The van der Waals surface area contributed by atoms with Crippen LogP contribution in [-0.4, -0.2) is 20.6 Å². The van der Waals surface area contributed by atoms with Crippen molar-refractivity contribution >= 4 is 27.3 Å². The minimum atomic E-state index is -3.30. The molecule has 0 aliphatic rings. The number of rotatable bonds is 7. The molecule has 0 unspecified atom stereocenters. The molecule has 0 saturated heterocycles. The molecule has 2 N–H and O–H groups in total. The van der Waals surface area contributed by atoms with E-state index in [4.69, 9.17) is 4.42 Å². The fraction of sp³-hybridized carbons (Fsp3) is 0.357. The van der Waals surface area contributed by atoms with Gasteiger partial charge in [-0.1, -0.05) is 13.0 Å². The molecule has 8 heteroatoms. The molecule has 2 aromatic rings. The van der Waals surface area contributed by atoms with Crippen molar-refractivity contribution in [2.75, 3.05) is 6.26 Å². The van der Waals surface area contributed by atoms with Crippen LogP contribution in [0.15, 0.2) is 34.1 Å². The molecule has 1 atom stereocenters. The third-order valence-electron chi connectivity index (χ3n) is 2.99. The highest BCUT2D eigenvalue weighted by Crippen LogP contribution is 2.22. The van der Waals surface area contributed by atoms with Gasteiger partial charge in [-0.15, -0.1) is 11.3 Å². The molecule has 0 fully saturated rings.